The van der Waals surface area contributed by atoms with Crippen LogP contribution in [0, 0.1) is 6.92 Å². The molecule has 0 aliphatic heterocycles. The molecule has 0 bridgehead atoms. The SMILES string of the molecule is CCCNc1nc(C)cc(-c2cc(OC)ccc2OC)n1. The van der Waals surface area contributed by atoms with E-state index in [0.29, 0.717) is 5.95 Å². The van der Waals surface area contributed by atoms with E-state index in [4.69, 9.17) is 9.47 Å². The number of anilines is 1. The van der Waals surface area contributed by atoms with Gasteiger partial charge in [0.2, 0.25) is 5.95 Å². The minimum atomic E-state index is 0.636. The molecule has 0 aliphatic rings. The number of ether oxygens (including phenoxy) is 2. The predicted octanol–water partition coefficient (Wildman–Crippen LogP) is 3.29. The first-order valence-corrected chi connectivity index (χ1v) is 7.00. The highest BCUT2D eigenvalue weighted by Crippen LogP contribution is 2.32. The third-order valence-corrected chi connectivity index (χ3v) is 3.07. The lowest BCUT2D eigenvalue weighted by atomic mass is 10.1. The molecule has 2 aromatic rings. The van der Waals surface area contributed by atoms with Gasteiger partial charge >= 0.3 is 0 Å². The number of nitrogens with one attached hydrogen (secondary N) is 1. The van der Waals surface area contributed by atoms with Crippen molar-refractivity contribution in [2.75, 3.05) is 26.1 Å². The zero-order valence-electron chi connectivity index (χ0n) is 12.9. The number of rotatable bonds is 6. The van der Waals surface area contributed by atoms with Crippen molar-refractivity contribution in [2.24, 2.45) is 0 Å². The maximum Gasteiger partial charge on any atom is 0.223 e. The lowest BCUT2D eigenvalue weighted by Gasteiger charge is -2.12. The van der Waals surface area contributed by atoms with Crippen LogP contribution in [0.3, 0.4) is 0 Å². The summed E-state index contributed by atoms with van der Waals surface area (Å²) in [4.78, 5) is 8.97. The van der Waals surface area contributed by atoms with Crippen LogP contribution in [0.25, 0.3) is 11.3 Å². The van der Waals surface area contributed by atoms with Crippen LogP contribution in [-0.2, 0) is 0 Å². The summed E-state index contributed by atoms with van der Waals surface area (Å²) in [6.07, 6.45) is 1.02. The minimum Gasteiger partial charge on any atom is -0.497 e. The van der Waals surface area contributed by atoms with E-state index in [2.05, 4.69) is 22.2 Å². The number of nitrogens with zero attached hydrogens (tertiary/aromatic N) is 2. The number of aromatic nitrogens is 2. The Morgan fingerprint density at radius 1 is 1.10 bits per heavy atom. The largest absolute Gasteiger partial charge is 0.497 e. The first-order valence-electron chi connectivity index (χ1n) is 7.00. The van der Waals surface area contributed by atoms with Gasteiger partial charge in [-0.2, -0.15) is 0 Å². The van der Waals surface area contributed by atoms with Crippen LogP contribution in [-0.4, -0.2) is 30.7 Å². The number of methoxy groups -OCH3 is 2. The molecule has 0 amide bonds. The molecule has 0 atom stereocenters. The van der Waals surface area contributed by atoms with E-state index in [1.807, 2.05) is 31.2 Å². The van der Waals surface area contributed by atoms with E-state index < -0.39 is 0 Å². The quantitative estimate of drug-likeness (QED) is 0.883. The fraction of sp³-hybridized carbons (Fsp3) is 0.375. The average Bonchev–Trinajstić information content (AvgIpc) is 2.51. The van der Waals surface area contributed by atoms with E-state index >= 15 is 0 Å². The molecule has 0 radical (unpaired) electrons. The summed E-state index contributed by atoms with van der Waals surface area (Å²) >= 11 is 0. The van der Waals surface area contributed by atoms with Gasteiger partial charge in [-0.05, 0) is 37.6 Å². The van der Waals surface area contributed by atoms with Gasteiger partial charge in [-0.3, -0.25) is 0 Å². The Kier molecular flexibility index (Phi) is 4.98. The lowest BCUT2D eigenvalue weighted by Crippen LogP contribution is -2.06. The van der Waals surface area contributed by atoms with Crippen molar-refractivity contribution < 1.29 is 9.47 Å². The van der Waals surface area contributed by atoms with Crippen molar-refractivity contribution in [3.05, 3.63) is 30.0 Å². The Hall–Kier alpha value is -2.30. The molecule has 1 heterocycles. The van der Waals surface area contributed by atoms with Gasteiger partial charge in [-0.25, -0.2) is 9.97 Å². The predicted molar refractivity (Wildman–Crippen MR) is 84.1 cm³/mol. The number of hydrogen-bond acceptors (Lipinski definition) is 5. The lowest BCUT2D eigenvalue weighted by molar-refractivity contribution is 0.404. The van der Waals surface area contributed by atoms with Gasteiger partial charge in [0.15, 0.2) is 0 Å². The second kappa shape index (κ2) is 6.92. The van der Waals surface area contributed by atoms with Gasteiger partial charge < -0.3 is 14.8 Å². The highest BCUT2D eigenvalue weighted by atomic mass is 16.5. The van der Waals surface area contributed by atoms with Crippen LogP contribution in [0.4, 0.5) is 5.95 Å². The van der Waals surface area contributed by atoms with Crippen LogP contribution in [0.1, 0.15) is 19.0 Å². The minimum absolute atomic E-state index is 0.636. The van der Waals surface area contributed by atoms with Crippen LogP contribution >= 0.6 is 0 Å². The number of hydrogen-bond donors (Lipinski definition) is 1. The smallest absolute Gasteiger partial charge is 0.223 e. The monoisotopic (exact) mass is 287 g/mol. The molecule has 5 heteroatoms. The molecule has 0 fully saturated rings. The molecule has 0 spiro atoms. The van der Waals surface area contributed by atoms with Gasteiger partial charge in [0, 0.05) is 17.8 Å². The molecule has 0 saturated heterocycles. The molecule has 21 heavy (non-hydrogen) atoms. The second-order valence-electron chi connectivity index (χ2n) is 4.71. The Balaban J connectivity index is 2.47. The first kappa shape index (κ1) is 15.1. The fourth-order valence-corrected chi connectivity index (χ4v) is 2.04. The normalized spacial score (nSPS) is 10.3. The molecule has 5 nitrogen and oxygen atoms in total. The molecular weight excluding hydrogens is 266 g/mol. The first-order chi connectivity index (χ1) is 10.2. The summed E-state index contributed by atoms with van der Waals surface area (Å²) in [7, 11) is 3.29. The van der Waals surface area contributed by atoms with Gasteiger partial charge in [-0.1, -0.05) is 6.92 Å². The van der Waals surface area contributed by atoms with Gasteiger partial charge in [-0.15, -0.1) is 0 Å². The fourth-order valence-electron chi connectivity index (χ4n) is 2.04. The summed E-state index contributed by atoms with van der Waals surface area (Å²) in [6, 6.07) is 7.61. The van der Waals surface area contributed by atoms with Crippen molar-refractivity contribution in [1.29, 1.82) is 0 Å². The van der Waals surface area contributed by atoms with Crippen molar-refractivity contribution in [3.8, 4) is 22.8 Å². The summed E-state index contributed by atoms with van der Waals surface area (Å²) in [5.74, 6) is 2.16. The molecular formula is C16H21N3O2. The highest BCUT2D eigenvalue weighted by Gasteiger charge is 2.11. The van der Waals surface area contributed by atoms with E-state index in [-0.39, 0.29) is 0 Å². The molecule has 112 valence electrons. The van der Waals surface area contributed by atoms with Crippen LogP contribution < -0.4 is 14.8 Å². The van der Waals surface area contributed by atoms with Crippen molar-refractivity contribution in [1.82, 2.24) is 9.97 Å². The standard InChI is InChI=1S/C16H21N3O2/c1-5-8-17-16-18-11(2)9-14(19-16)13-10-12(20-3)6-7-15(13)21-4/h6-7,9-10H,5,8H2,1-4H3,(H,17,18,19). The van der Waals surface area contributed by atoms with Crippen molar-refractivity contribution >= 4 is 5.95 Å². The second-order valence-corrected chi connectivity index (χ2v) is 4.71. The Morgan fingerprint density at radius 2 is 1.90 bits per heavy atom. The molecule has 0 unspecified atom stereocenters. The topological polar surface area (TPSA) is 56.3 Å². The zero-order chi connectivity index (χ0) is 15.2. The Bertz CT molecular complexity index is 614. The number of benzene rings is 1. The number of aryl methyl sites for hydroxylation is 1. The van der Waals surface area contributed by atoms with Crippen molar-refractivity contribution in [3.63, 3.8) is 0 Å². The zero-order valence-corrected chi connectivity index (χ0v) is 12.9. The van der Waals surface area contributed by atoms with E-state index in [1.165, 1.54) is 0 Å². The Morgan fingerprint density at radius 3 is 2.57 bits per heavy atom. The van der Waals surface area contributed by atoms with Gasteiger partial charge in [0.1, 0.15) is 11.5 Å². The third-order valence-electron chi connectivity index (χ3n) is 3.07. The highest BCUT2D eigenvalue weighted by molar-refractivity contribution is 5.70. The molecule has 1 aromatic carbocycles. The molecule has 0 aliphatic carbocycles. The Labute approximate surface area is 125 Å². The summed E-state index contributed by atoms with van der Waals surface area (Å²) in [6.45, 7) is 4.90. The summed E-state index contributed by atoms with van der Waals surface area (Å²) in [5.41, 5.74) is 2.61. The molecule has 0 saturated carbocycles. The van der Waals surface area contributed by atoms with Crippen LogP contribution in [0.15, 0.2) is 24.3 Å². The van der Waals surface area contributed by atoms with E-state index in [1.54, 1.807) is 14.2 Å². The van der Waals surface area contributed by atoms with E-state index in [0.717, 1.165) is 41.4 Å². The van der Waals surface area contributed by atoms with Crippen LogP contribution in [0.5, 0.6) is 11.5 Å². The van der Waals surface area contributed by atoms with E-state index in [9.17, 15) is 0 Å². The molecule has 1 N–H and O–H groups in total. The summed E-state index contributed by atoms with van der Waals surface area (Å²) < 4.78 is 10.7. The maximum atomic E-state index is 5.42. The van der Waals surface area contributed by atoms with Crippen LogP contribution in [0.2, 0.25) is 0 Å². The maximum absolute atomic E-state index is 5.42. The third kappa shape index (κ3) is 3.62. The average molecular weight is 287 g/mol. The molecule has 2 rings (SSSR count). The van der Waals surface area contributed by atoms with Crippen molar-refractivity contribution in [2.45, 2.75) is 20.3 Å². The van der Waals surface area contributed by atoms with Gasteiger partial charge in [0.25, 0.3) is 0 Å². The summed E-state index contributed by atoms with van der Waals surface area (Å²) in [5, 5.41) is 3.22. The van der Waals surface area contributed by atoms with Gasteiger partial charge in [0.05, 0.1) is 19.9 Å². The molecule has 1 aromatic heterocycles.